The van der Waals surface area contributed by atoms with Crippen molar-refractivity contribution in [1.29, 1.82) is 0 Å². The van der Waals surface area contributed by atoms with E-state index in [1.807, 2.05) is 0 Å². The van der Waals surface area contributed by atoms with Crippen LogP contribution in [0.2, 0.25) is 0 Å². The minimum Gasteiger partial charge on any atom is -0.302 e. The van der Waals surface area contributed by atoms with Crippen molar-refractivity contribution in [2.45, 2.75) is 0 Å². The third kappa shape index (κ3) is 7.79. The Balaban J connectivity index is 3.21. The highest BCUT2D eigenvalue weighted by atomic mass is 32.2. The molecule has 0 unspecified atom stereocenters. The molecule has 0 saturated carbocycles. The molecule has 1 aliphatic rings. The van der Waals surface area contributed by atoms with Crippen molar-refractivity contribution < 1.29 is 25.3 Å². The zero-order valence-corrected chi connectivity index (χ0v) is 15.0. The van der Waals surface area contributed by atoms with E-state index in [-0.39, 0.29) is 15.2 Å². The Kier molecular flexibility index (Phi) is 5.46. The summed E-state index contributed by atoms with van der Waals surface area (Å²) < 4.78 is 77.2. The molecule has 15 heteroatoms. The topological polar surface area (TPSA) is 151 Å². The van der Waals surface area contributed by atoms with E-state index < -0.39 is 30.1 Å². The van der Waals surface area contributed by atoms with Gasteiger partial charge in [0.1, 0.15) is 10.1 Å². The van der Waals surface area contributed by atoms with Crippen molar-refractivity contribution >= 4 is 58.9 Å². The van der Waals surface area contributed by atoms with Crippen LogP contribution in [0.4, 0.5) is 0 Å². The molecule has 122 valence electrons. The monoisotopic (exact) mass is 396 g/mol. The van der Waals surface area contributed by atoms with Gasteiger partial charge < -0.3 is 4.72 Å². The fourth-order valence-corrected chi connectivity index (χ4v) is 5.43. The van der Waals surface area contributed by atoms with Crippen molar-refractivity contribution in [2.75, 3.05) is 18.8 Å². The highest BCUT2D eigenvalue weighted by Crippen LogP contribution is 2.30. The van der Waals surface area contributed by atoms with Gasteiger partial charge in [-0.15, -0.1) is 4.40 Å². The summed E-state index contributed by atoms with van der Waals surface area (Å²) in [6, 6.07) is 0. The van der Waals surface area contributed by atoms with E-state index in [4.69, 9.17) is 0 Å². The van der Waals surface area contributed by atoms with Gasteiger partial charge in [-0.2, -0.15) is 0 Å². The SMILES string of the molecule is CS(=O)(=O)N=C1NSC(NS(C)(=O)=O)=C(NS(C)(=O)=O)S1. The van der Waals surface area contributed by atoms with Gasteiger partial charge in [-0.25, -0.2) is 25.3 Å². The lowest BCUT2D eigenvalue weighted by Gasteiger charge is -2.21. The van der Waals surface area contributed by atoms with Gasteiger partial charge in [-0.3, -0.25) is 9.44 Å². The predicted octanol–water partition coefficient (Wildman–Crippen LogP) is -1.49. The van der Waals surface area contributed by atoms with Crippen LogP contribution in [0.3, 0.4) is 0 Å². The molecule has 10 nitrogen and oxygen atoms in total. The second-order valence-corrected chi connectivity index (χ2v) is 10.8. The number of sulfonamides is 3. The molecule has 21 heavy (non-hydrogen) atoms. The number of nitrogens with one attached hydrogen (secondary N) is 3. The number of hydrogen-bond donors (Lipinski definition) is 3. The number of thioether (sulfide) groups is 1. The highest BCUT2D eigenvalue weighted by molar-refractivity contribution is 8.21. The molecule has 1 rings (SSSR count). The largest absolute Gasteiger partial charge is 0.302 e. The Morgan fingerprint density at radius 1 is 0.905 bits per heavy atom. The molecule has 0 spiro atoms. The smallest absolute Gasteiger partial charge is 0.252 e. The molecule has 1 heterocycles. The maximum Gasteiger partial charge on any atom is 0.252 e. The molecule has 0 aromatic heterocycles. The Labute approximate surface area is 131 Å². The van der Waals surface area contributed by atoms with Crippen LogP contribution in [0.5, 0.6) is 0 Å². The fourth-order valence-electron chi connectivity index (χ4n) is 0.964. The van der Waals surface area contributed by atoms with Crippen molar-refractivity contribution in [1.82, 2.24) is 14.2 Å². The number of hydrogen-bond acceptors (Lipinski definition) is 8. The lowest BCUT2D eigenvalue weighted by atomic mass is 10.9. The number of rotatable bonds is 5. The van der Waals surface area contributed by atoms with Crippen LogP contribution in [0.25, 0.3) is 0 Å². The van der Waals surface area contributed by atoms with Crippen LogP contribution in [0.15, 0.2) is 14.5 Å². The number of nitrogens with zero attached hydrogens (tertiary/aromatic N) is 1. The zero-order chi connectivity index (χ0) is 16.5. The first-order valence-electron chi connectivity index (χ1n) is 4.86. The lowest BCUT2D eigenvalue weighted by Crippen LogP contribution is -2.33. The van der Waals surface area contributed by atoms with E-state index in [0.29, 0.717) is 23.7 Å². The molecule has 0 radical (unpaired) electrons. The maximum absolute atomic E-state index is 11.3. The minimum atomic E-state index is -3.69. The van der Waals surface area contributed by atoms with E-state index in [1.165, 1.54) is 0 Å². The third-order valence-corrected chi connectivity index (χ3v) is 5.45. The van der Waals surface area contributed by atoms with Crippen LogP contribution in [0, 0.1) is 0 Å². The van der Waals surface area contributed by atoms with Gasteiger partial charge >= 0.3 is 0 Å². The first-order valence-corrected chi connectivity index (χ1v) is 12.1. The number of amidine groups is 1. The Morgan fingerprint density at radius 3 is 1.81 bits per heavy atom. The zero-order valence-electron chi connectivity index (χ0n) is 10.9. The maximum atomic E-state index is 11.3. The Bertz CT molecular complexity index is 793. The quantitative estimate of drug-likeness (QED) is 0.472. The van der Waals surface area contributed by atoms with Crippen LogP contribution < -0.4 is 14.2 Å². The normalized spacial score (nSPS) is 19.3. The van der Waals surface area contributed by atoms with Crippen molar-refractivity contribution in [3.8, 4) is 0 Å². The molecule has 0 aliphatic carbocycles. The Morgan fingerprint density at radius 2 is 1.38 bits per heavy atom. The summed E-state index contributed by atoms with van der Waals surface area (Å²) in [5.74, 6) is 0. The van der Waals surface area contributed by atoms with Crippen LogP contribution in [0.1, 0.15) is 0 Å². The molecule has 3 N–H and O–H groups in total. The summed E-state index contributed by atoms with van der Waals surface area (Å²) in [5.41, 5.74) is 0. The average molecular weight is 397 g/mol. The van der Waals surface area contributed by atoms with Gasteiger partial charge in [0.15, 0.2) is 5.17 Å². The van der Waals surface area contributed by atoms with Crippen LogP contribution in [-0.2, 0) is 30.1 Å². The van der Waals surface area contributed by atoms with E-state index in [1.54, 1.807) is 0 Å². The van der Waals surface area contributed by atoms with Gasteiger partial charge in [0, 0.05) is 11.9 Å². The Hall–Kier alpha value is -0.640. The molecule has 0 aromatic carbocycles. The average Bonchev–Trinajstić information content (AvgIpc) is 2.15. The van der Waals surface area contributed by atoms with E-state index in [9.17, 15) is 25.3 Å². The summed E-state index contributed by atoms with van der Waals surface area (Å²) >= 11 is 1.32. The van der Waals surface area contributed by atoms with Gasteiger partial charge in [0.25, 0.3) is 10.0 Å². The molecule has 0 saturated heterocycles. The second-order valence-electron chi connectivity index (χ2n) is 3.84. The highest BCUT2D eigenvalue weighted by Gasteiger charge is 2.24. The summed E-state index contributed by atoms with van der Waals surface area (Å²) in [4.78, 5) is 0. The van der Waals surface area contributed by atoms with Crippen molar-refractivity contribution in [3.63, 3.8) is 0 Å². The van der Waals surface area contributed by atoms with Crippen molar-refractivity contribution in [2.24, 2.45) is 4.40 Å². The summed E-state index contributed by atoms with van der Waals surface area (Å²) in [7, 11) is -11.0. The van der Waals surface area contributed by atoms with E-state index >= 15 is 0 Å². The van der Waals surface area contributed by atoms with E-state index in [0.717, 1.165) is 18.8 Å². The summed E-state index contributed by atoms with van der Waals surface area (Å²) in [5, 5.41) is -0.248. The van der Waals surface area contributed by atoms with E-state index in [2.05, 4.69) is 18.6 Å². The van der Waals surface area contributed by atoms with Gasteiger partial charge in [-0.1, -0.05) is 0 Å². The molecule has 0 atom stereocenters. The van der Waals surface area contributed by atoms with Crippen molar-refractivity contribution in [3.05, 3.63) is 10.1 Å². The second kappa shape index (κ2) is 6.23. The molecular formula is C6H12N4O6S5. The molecular weight excluding hydrogens is 384 g/mol. The molecule has 0 amide bonds. The summed E-state index contributed by atoms with van der Waals surface area (Å²) in [6.45, 7) is 0. The third-order valence-electron chi connectivity index (χ3n) is 1.45. The molecule has 0 aromatic rings. The first kappa shape index (κ1) is 18.4. The standard InChI is InChI=1S/C6H12N4O6S5/c1-19(11,12)8-4-5(9-20(2,13)14)18-7-6(17-4)10-21(3,15)16/h8-9H,1-3H3,(H,7,10). The predicted molar refractivity (Wildman–Crippen MR) is 83.6 cm³/mol. The van der Waals surface area contributed by atoms with Gasteiger partial charge in [0.2, 0.25) is 20.0 Å². The minimum absolute atomic E-state index is 0.0413. The van der Waals surface area contributed by atoms with Gasteiger partial charge in [0.05, 0.1) is 18.8 Å². The summed E-state index contributed by atoms with van der Waals surface area (Å²) in [6.07, 6.45) is 2.63. The lowest BCUT2D eigenvalue weighted by molar-refractivity contribution is 0.592. The molecule has 0 bridgehead atoms. The fraction of sp³-hybridized carbons (Fsp3) is 0.500. The van der Waals surface area contributed by atoms with Gasteiger partial charge in [-0.05, 0) is 11.8 Å². The van der Waals surface area contributed by atoms with Crippen LogP contribution in [-0.4, -0.2) is 49.2 Å². The molecule has 1 aliphatic heterocycles. The van der Waals surface area contributed by atoms with Crippen LogP contribution >= 0.6 is 23.7 Å². The molecule has 0 fully saturated rings. The first-order chi connectivity index (χ1) is 9.25.